The topological polar surface area (TPSA) is 71.0 Å². The summed E-state index contributed by atoms with van der Waals surface area (Å²) >= 11 is 0. The molecule has 1 amide bonds. The molecule has 268 valence electrons. The summed E-state index contributed by atoms with van der Waals surface area (Å²) in [5.41, 5.74) is 4.13. The number of benzene rings is 2. The first-order chi connectivity index (χ1) is 23.6. The maximum Gasteiger partial charge on any atom is 0.220 e. The van der Waals surface area contributed by atoms with Crippen LogP contribution in [-0.4, -0.2) is 41.7 Å². The van der Waals surface area contributed by atoms with Gasteiger partial charge >= 0.3 is 0 Å². The summed E-state index contributed by atoms with van der Waals surface area (Å²) in [6.45, 7) is 6.07. The van der Waals surface area contributed by atoms with E-state index in [0.717, 1.165) is 61.2 Å². The molecule has 2 fully saturated rings. The Morgan fingerprint density at radius 1 is 0.708 bits per heavy atom. The van der Waals surface area contributed by atoms with Gasteiger partial charge in [0.15, 0.2) is 6.29 Å². The summed E-state index contributed by atoms with van der Waals surface area (Å²) in [5, 5.41) is 12.6. The first-order valence-electron chi connectivity index (χ1n) is 19.7. The Labute approximate surface area is 292 Å². The molecule has 3 unspecified atom stereocenters. The number of ether oxygens (including phenoxy) is 2. The Kier molecular flexibility index (Phi) is 18.6. The summed E-state index contributed by atoms with van der Waals surface area (Å²) in [5.74, 6) is 0.142. The second-order valence-electron chi connectivity index (χ2n) is 14.4. The number of aliphatic hydroxyl groups is 1. The second-order valence-corrected chi connectivity index (χ2v) is 14.4. The van der Waals surface area contributed by atoms with E-state index in [1.165, 1.54) is 103 Å². The predicted molar refractivity (Wildman–Crippen MR) is 197 cm³/mol. The average Bonchev–Trinajstić information content (AvgIpc) is 3.10. The third-order valence-electron chi connectivity index (χ3n) is 10.3. The van der Waals surface area contributed by atoms with Crippen molar-refractivity contribution in [2.75, 3.05) is 19.6 Å². The van der Waals surface area contributed by atoms with Crippen molar-refractivity contribution in [1.29, 1.82) is 0 Å². The Balaban J connectivity index is 1.18. The first kappa shape index (κ1) is 38.6. The lowest BCUT2D eigenvalue weighted by molar-refractivity contribution is -0.253. The van der Waals surface area contributed by atoms with E-state index in [2.05, 4.69) is 53.5 Å². The van der Waals surface area contributed by atoms with Crippen LogP contribution in [-0.2, 0) is 27.4 Å². The van der Waals surface area contributed by atoms with E-state index in [4.69, 9.17) is 9.47 Å². The van der Waals surface area contributed by atoms with Crippen molar-refractivity contribution < 1.29 is 19.4 Å². The smallest absolute Gasteiger partial charge is 0.220 e. The minimum absolute atomic E-state index is 0.0430. The second kappa shape index (κ2) is 23.2. The third kappa shape index (κ3) is 14.7. The molecule has 6 nitrogen and oxygen atoms in total. The van der Waals surface area contributed by atoms with Crippen LogP contribution in [0.2, 0.25) is 0 Å². The number of aliphatic hydroxyl groups excluding tert-OH is 1. The summed E-state index contributed by atoms with van der Waals surface area (Å²) in [7, 11) is 0. The van der Waals surface area contributed by atoms with Gasteiger partial charge in [0, 0.05) is 31.5 Å². The van der Waals surface area contributed by atoms with Crippen molar-refractivity contribution in [2.45, 2.75) is 167 Å². The number of unbranched alkanes of at least 4 members (excludes halogenated alkanes) is 12. The normalized spacial score (nSPS) is 20.7. The zero-order valence-corrected chi connectivity index (χ0v) is 30.1. The van der Waals surface area contributed by atoms with Gasteiger partial charge in [-0.25, -0.2) is 0 Å². The van der Waals surface area contributed by atoms with Crippen molar-refractivity contribution in [1.82, 2.24) is 10.2 Å². The van der Waals surface area contributed by atoms with Crippen LogP contribution in [0.4, 0.5) is 0 Å². The van der Waals surface area contributed by atoms with Crippen molar-refractivity contribution in [3.8, 4) is 0 Å². The third-order valence-corrected chi connectivity index (χ3v) is 10.3. The quantitative estimate of drug-likeness (QED) is 0.130. The molecule has 2 aliphatic rings. The zero-order valence-electron chi connectivity index (χ0n) is 30.1. The highest BCUT2D eigenvalue weighted by Crippen LogP contribution is 2.38. The molecule has 6 heteroatoms. The van der Waals surface area contributed by atoms with Crippen LogP contribution < -0.4 is 5.32 Å². The molecule has 4 rings (SSSR count). The molecule has 0 bridgehead atoms. The van der Waals surface area contributed by atoms with Gasteiger partial charge in [-0.05, 0) is 49.0 Å². The fourth-order valence-corrected chi connectivity index (χ4v) is 7.20. The molecule has 2 N–H and O–H groups in total. The monoisotopic (exact) mass is 663 g/mol. The molecule has 0 spiro atoms. The van der Waals surface area contributed by atoms with E-state index in [-0.39, 0.29) is 24.7 Å². The number of nitrogens with zero attached hydrogens (tertiary/aromatic N) is 1. The van der Waals surface area contributed by atoms with E-state index in [1.54, 1.807) is 0 Å². The Bertz CT molecular complexity index is 1110. The number of rotatable bonds is 21. The molecule has 2 heterocycles. The van der Waals surface area contributed by atoms with Gasteiger partial charge in [-0.1, -0.05) is 152 Å². The molecule has 2 aliphatic heterocycles. The SMILES string of the molecule is CCCCCCCCCCCCCCCC(=O)NCc1ccc(C2OC(CN3CCCCCCC3)CC(c3ccc(CO)cc3)O2)cc1. The summed E-state index contributed by atoms with van der Waals surface area (Å²) < 4.78 is 13.2. The molecule has 48 heavy (non-hydrogen) atoms. The molecule has 0 radical (unpaired) electrons. The zero-order chi connectivity index (χ0) is 33.7. The van der Waals surface area contributed by atoms with E-state index in [0.29, 0.717) is 13.0 Å². The first-order valence-corrected chi connectivity index (χ1v) is 19.7. The number of hydrogen-bond donors (Lipinski definition) is 2. The summed E-state index contributed by atoms with van der Waals surface area (Å²) in [6, 6.07) is 16.5. The van der Waals surface area contributed by atoms with Crippen molar-refractivity contribution in [2.24, 2.45) is 0 Å². The molecule has 0 aliphatic carbocycles. The standard InChI is InChI=1S/C42H66N2O4/c1-2-3-4-5-6-7-8-9-10-11-12-14-17-20-41(46)43-32-35-21-27-38(28-22-35)42-47-39(33-44-29-18-15-13-16-19-30-44)31-40(48-42)37-25-23-36(34-45)24-26-37/h21-28,39-40,42,45H,2-20,29-34H2,1H3,(H,43,46). The molecule has 0 aromatic heterocycles. The van der Waals surface area contributed by atoms with Gasteiger partial charge in [0.25, 0.3) is 0 Å². The highest BCUT2D eigenvalue weighted by Gasteiger charge is 2.33. The minimum Gasteiger partial charge on any atom is -0.392 e. The minimum atomic E-state index is -0.444. The number of amides is 1. The molecule has 2 aromatic rings. The lowest BCUT2D eigenvalue weighted by Gasteiger charge is -2.38. The van der Waals surface area contributed by atoms with Gasteiger partial charge in [0.1, 0.15) is 0 Å². The van der Waals surface area contributed by atoms with Crippen LogP contribution in [0.5, 0.6) is 0 Å². The van der Waals surface area contributed by atoms with Gasteiger partial charge in [-0.2, -0.15) is 0 Å². The maximum atomic E-state index is 12.5. The van der Waals surface area contributed by atoms with E-state index in [9.17, 15) is 9.90 Å². The summed E-state index contributed by atoms with van der Waals surface area (Å²) in [6.07, 6.45) is 24.6. The Morgan fingerprint density at radius 3 is 1.85 bits per heavy atom. The molecule has 0 saturated carbocycles. The Hall–Kier alpha value is -2.25. The van der Waals surface area contributed by atoms with Crippen LogP contribution >= 0.6 is 0 Å². The van der Waals surface area contributed by atoms with Crippen molar-refractivity contribution >= 4 is 5.91 Å². The van der Waals surface area contributed by atoms with Gasteiger partial charge in [-0.15, -0.1) is 0 Å². The Morgan fingerprint density at radius 2 is 1.25 bits per heavy atom. The number of nitrogens with one attached hydrogen (secondary N) is 1. The van der Waals surface area contributed by atoms with E-state index in [1.807, 2.05) is 12.1 Å². The summed E-state index contributed by atoms with van der Waals surface area (Å²) in [4.78, 5) is 15.1. The van der Waals surface area contributed by atoms with Gasteiger partial charge < -0.3 is 24.8 Å². The van der Waals surface area contributed by atoms with Gasteiger partial charge in [0.2, 0.25) is 5.91 Å². The predicted octanol–water partition coefficient (Wildman–Crippen LogP) is 10.1. The average molecular weight is 663 g/mol. The lowest BCUT2D eigenvalue weighted by atomic mass is 9.99. The lowest BCUT2D eigenvalue weighted by Crippen LogP contribution is -2.40. The van der Waals surface area contributed by atoms with E-state index >= 15 is 0 Å². The van der Waals surface area contributed by atoms with Crippen LogP contribution in [0.1, 0.15) is 170 Å². The van der Waals surface area contributed by atoms with Crippen LogP contribution in [0.15, 0.2) is 48.5 Å². The van der Waals surface area contributed by atoms with E-state index < -0.39 is 6.29 Å². The maximum absolute atomic E-state index is 12.5. The molecule has 3 atom stereocenters. The van der Waals surface area contributed by atoms with Crippen LogP contribution in [0.3, 0.4) is 0 Å². The molecular formula is C42H66N2O4. The van der Waals surface area contributed by atoms with Crippen molar-refractivity contribution in [3.05, 3.63) is 70.8 Å². The fourth-order valence-electron chi connectivity index (χ4n) is 7.20. The van der Waals surface area contributed by atoms with Crippen LogP contribution in [0.25, 0.3) is 0 Å². The fraction of sp³-hybridized carbons (Fsp3) is 0.690. The van der Waals surface area contributed by atoms with Gasteiger partial charge in [0.05, 0.1) is 18.8 Å². The molecule has 2 saturated heterocycles. The number of carbonyl (C=O) groups excluding carboxylic acids is 1. The molecular weight excluding hydrogens is 596 g/mol. The largest absolute Gasteiger partial charge is 0.392 e. The van der Waals surface area contributed by atoms with Gasteiger partial charge in [-0.3, -0.25) is 4.79 Å². The van der Waals surface area contributed by atoms with Crippen molar-refractivity contribution in [3.63, 3.8) is 0 Å². The number of likely N-dealkylation sites (tertiary alicyclic amines) is 1. The highest BCUT2D eigenvalue weighted by atomic mass is 16.7. The molecule has 2 aromatic carbocycles. The number of hydrogen-bond acceptors (Lipinski definition) is 5. The number of carbonyl (C=O) groups is 1. The highest BCUT2D eigenvalue weighted by molar-refractivity contribution is 5.75. The van der Waals surface area contributed by atoms with Crippen LogP contribution in [0, 0.1) is 0 Å².